The Morgan fingerprint density at radius 3 is 2.70 bits per heavy atom. The van der Waals surface area contributed by atoms with E-state index in [9.17, 15) is 9.59 Å². The fourth-order valence-electron chi connectivity index (χ4n) is 2.42. The number of nitrogens with one attached hydrogen (secondary N) is 1. The average Bonchev–Trinajstić information content (AvgIpc) is 3.22. The molecule has 0 aliphatic carbocycles. The fourth-order valence-corrected chi connectivity index (χ4v) is 2.59. The van der Waals surface area contributed by atoms with Crippen LogP contribution >= 0.6 is 11.6 Å². The van der Waals surface area contributed by atoms with Crippen molar-refractivity contribution in [2.24, 2.45) is 0 Å². The molecule has 0 saturated heterocycles. The summed E-state index contributed by atoms with van der Waals surface area (Å²) in [4.78, 5) is 24.0. The summed E-state index contributed by atoms with van der Waals surface area (Å²) < 4.78 is 15.6. The van der Waals surface area contributed by atoms with Gasteiger partial charge >= 0.3 is 5.97 Å². The van der Waals surface area contributed by atoms with Gasteiger partial charge < -0.3 is 19.2 Å². The van der Waals surface area contributed by atoms with E-state index in [1.54, 1.807) is 36.6 Å². The van der Waals surface area contributed by atoms with Gasteiger partial charge in [0.2, 0.25) is 0 Å². The number of benzene rings is 2. The van der Waals surface area contributed by atoms with Crippen LogP contribution in [0.25, 0.3) is 11.3 Å². The fraction of sp³-hybridized carbons (Fsp3) is 0.100. The van der Waals surface area contributed by atoms with Crippen molar-refractivity contribution in [3.8, 4) is 17.1 Å². The number of furan rings is 1. The van der Waals surface area contributed by atoms with E-state index in [4.69, 9.17) is 25.5 Å². The van der Waals surface area contributed by atoms with Crippen molar-refractivity contribution in [3.05, 3.63) is 71.4 Å². The van der Waals surface area contributed by atoms with Gasteiger partial charge in [-0.25, -0.2) is 4.79 Å². The number of hydrogen-bond acceptors (Lipinski definition) is 5. The minimum atomic E-state index is -0.597. The Bertz CT molecular complexity index is 953. The third kappa shape index (κ3) is 4.68. The lowest BCUT2D eigenvalue weighted by molar-refractivity contribution is -0.118. The van der Waals surface area contributed by atoms with Crippen LogP contribution in [0.3, 0.4) is 0 Å². The molecule has 0 atom stereocenters. The number of esters is 1. The number of hydrogen-bond donors (Lipinski definition) is 1. The van der Waals surface area contributed by atoms with Crippen LogP contribution in [-0.2, 0) is 9.53 Å². The summed E-state index contributed by atoms with van der Waals surface area (Å²) >= 11 is 5.90. The Hall–Kier alpha value is -3.25. The molecule has 1 N–H and O–H groups in total. The number of methoxy groups -OCH3 is 1. The first-order chi connectivity index (χ1) is 13.1. The molecule has 0 fully saturated rings. The lowest BCUT2D eigenvalue weighted by Crippen LogP contribution is -2.21. The second-order valence-electron chi connectivity index (χ2n) is 5.52. The lowest BCUT2D eigenvalue weighted by Gasteiger charge is -2.11. The zero-order valence-corrected chi connectivity index (χ0v) is 15.2. The predicted octanol–water partition coefficient (Wildman–Crippen LogP) is 4.40. The van der Waals surface area contributed by atoms with Crippen molar-refractivity contribution in [1.29, 1.82) is 0 Å². The molecular weight excluding hydrogens is 370 g/mol. The minimum absolute atomic E-state index is 0.165. The topological polar surface area (TPSA) is 77.8 Å². The number of amides is 1. The molecule has 138 valence electrons. The summed E-state index contributed by atoms with van der Waals surface area (Å²) in [6.07, 6.45) is 1.58. The zero-order valence-electron chi connectivity index (χ0n) is 14.4. The van der Waals surface area contributed by atoms with Gasteiger partial charge in [-0.15, -0.1) is 0 Å². The molecule has 6 nitrogen and oxygen atoms in total. The van der Waals surface area contributed by atoms with Gasteiger partial charge in [0.25, 0.3) is 5.91 Å². The minimum Gasteiger partial charge on any atom is -0.484 e. The molecule has 0 aliphatic rings. The van der Waals surface area contributed by atoms with Gasteiger partial charge in [-0.3, -0.25) is 4.79 Å². The molecule has 0 spiro atoms. The van der Waals surface area contributed by atoms with E-state index in [1.807, 2.05) is 12.1 Å². The molecule has 7 heteroatoms. The highest BCUT2D eigenvalue weighted by molar-refractivity contribution is 6.31. The SMILES string of the molecule is COC(=O)c1cc(Cl)ccc1NC(=O)COc1cccc(-c2ccco2)c1. The average molecular weight is 386 g/mol. The van der Waals surface area contributed by atoms with Crippen molar-refractivity contribution in [2.75, 3.05) is 19.0 Å². The molecule has 1 heterocycles. The van der Waals surface area contributed by atoms with Crippen LogP contribution in [0.4, 0.5) is 5.69 Å². The van der Waals surface area contributed by atoms with Crippen molar-refractivity contribution in [2.45, 2.75) is 0 Å². The number of anilines is 1. The maximum Gasteiger partial charge on any atom is 0.340 e. The monoisotopic (exact) mass is 385 g/mol. The number of carbonyl (C=O) groups is 2. The van der Waals surface area contributed by atoms with E-state index in [-0.39, 0.29) is 12.2 Å². The Labute approximate surface area is 160 Å². The highest BCUT2D eigenvalue weighted by Gasteiger charge is 2.15. The molecule has 0 bridgehead atoms. The molecule has 0 unspecified atom stereocenters. The molecule has 0 radical (unpaired) electrons. The molecular formula is C20H16ClNO5. The molecule has 2 aromatic carbocycles. The van der Waals surface area contributed by atoms with E-state index in [1.165, 1.54) is 19.2 Å². The van der Waals surface area contributed by atoms with E-state index < -0.39 is 11.9 Å². The Morgan fingerprint density at radius 1 is 1.11 bits per heavy atom. The van der Waals surface area contributed by atoms with Gasteiger partial charge in [0.1, 0.15) is 11.5 Å². The second-order valence-corrected chi connectivity index (χ2v) is 5.96. The Balaban J connectivity index is 1.66. The molecule has 0 saturated carbocycles. The van der Waals surface area contributed by atoms with Gasteiger partial charge in [0, 0.05) is 10.6 Å². The van der Waals surface area contributed by atoms with Crippen LogP contribution in [0.15, 0.2) is 65.3 Å². The Kier molecular flexibility index (Phi) is 5.78. The first kappa shape index (κ1) is 18.5. The quantitative estimate of drug-likeness (QED) is 0.636. The smallest absolute Gasteiger partial charge is 0.340 e. The van der Waals surface area contributed by atoms with Gasteiger partial charge in [0.05, 0.1) is 24.6 Å². The number of carbonyl (C=O) groups excluding carboxylic acids is 2. The summed E-state index contributed by atoms with van der Waals surface area (Å²) in [7, 11) is 1.25. The maximum atomic E-state index is 12.2. The normalized spacial score (nSPS) is 10.3. The van der Waals surface area contributed by atoms with Crippen LogP contribution in [0, 0.1) is 0 Å². The summed E-state index contributed by atoms with van der Waals surface area (Å²) in [6.45, 7) is -0.231. The van der Waals surface area contributed by atoms with Crippen molar-refractivity contribution in [1.82, 2.24) is 0 Å². The third-order valence-electron chi connectivity index (χ3n) is 3.67. The number of halogens is 1. The van der Waals surface area contributed by atoms with Crippen molar-refractivity contribution < 1.29 is 23.5 Å². The van der Waals surface area contributed by atoms with Crippen LogP contribution in [0.2, 0.25) is 5.02 Å². The first-order valence-corrected chi connectivity index (χ1v) is 8.39. The highest BCUT2D eigenvalue weighted by atomic mass is 35.5. The molecule has 1 aromatic heterocycles. The molecule has 3 aromatic rings. The Morgan fingerprint density at radius 2 is 1.96 bits per heavy atom. The van der Waals surface area contributed by atoms with Gasteiger partial charge in [-0.1, -0.05) is 23.7 Å². The highest BCUT2D eigenvalue weighted by Crippen LogP contribution is 2.24. The molecule has 0 aliphatic heterocycles. The lowest BCUT2D eigenvalue weighted by atomic mass is 10.1. The van der Waals surface area contributed by atoms with Crippen LogP contribution in [-0.4, -0.2) is 25.6 Å². The summed E-state index contributed by atoms with van der Waals surface area (Å²) in [6, 6.07) is 15.3. The first-order valence-electron chi connectivity index (χ1n) is 8.01. The van der Waals surface area contributed by atoms with E-state index >= 15 is 0 Å². The van der Waals surface area contributed by atoms with E-state index in [2.05, 4.69) is 5.32 Å². The largest absolute Gasteiger partial charge is 0.484 e. The van der Waals surface area contributed by atoms with E-state index in [0.29, 0.717) is 22.2 Å². The number of ether oxygens (including phenoxy) is 2. The standard InChI is InChI=1S/C20H16ClNO5/c1-25-20(24)16-11-14(21)7-8-17(16)22-19(23)12-27-15-5-2-4-13(10-15)18-6-3-9-26-18/h2-11H,12H2,1H3,(H,22,23). The number of rotatable bonds is 6. The third-order valence-corrected chi connectivity index (χ3v) is 3.91. The van der Waals surface area contributed by atoms with Crippen LogP contribution in [0.5, 0.6) is 5.75 Å². The van der Waals surface area contributed by atoms with Crippen LogP contribution < -0.4 is 10.1 Å². The van der Waals surface area contributed by atoms with E-state index in [0.717, 1.165) is 5.56 Å². The summed E-state index contributed by atoms with van der Waals surface area (Å²) in [5.41, 5.74) is 1.30. The predicted molar refractivity (Wildman–Crippen MR) is 101 cm³/mol. The summed E-state index contributed by atoms with van der Waals surface area (Å²) in [5.74, 6) is 0.197. The van der Waals surface area contributed by atoms with Crippen molar-refractivity contribution in [3.63, 3.8) is 0 Å². The summed E-state index contributed by atoms with van der Waals surface area (Å²) in [5, 5.41) is 2.98. The van der Waals surface area contributed by atoms with Gasteiger partial charge in [0.15, 0.2) is 6.61 Å². The van der Waals surface area contributed by atoms with Gasteiger partial charge in [-0.2, -0.15) is 0 Å². The molecule has 1 amide bonds. The second kappa shape index (κ2) is 8.42. The molecule has 3 rings (SSSR count). The molecule has 27 heavy (non-hydrogen) atoms. The van der Waals surface area contributed by atoms with Crippen molar-refractivity contribution >= 4 is 29.2 Å². The zero-order chi connectivity index (χ0) is 19.2. The maximum absolute atomic E-state index is 12.2. The van der Waals surface area contributed by atoms with Crippen LogP contribution in [0.1, 0.15) is 10.4 Å². The van der Waals surface area contributed by atoms with Gasteiger partial charge in [-0.05, 0) is 42.5 Å².